The third-order valence-corrected chi connectivity index (χ3v) is 5.65. The van der Waals surface area contributed by atoms with E-state index in [9.17, 15) is 0 Å². The Labute approximate surface area is 160 Å². The Morgan fingerprint density at radius 3 is 2.89 bits per heavy atom. The highest BCUT2D eigenvalue weighted by Crippen LogP contribution is 2.29. The molecule has 0 unspecified atom stereocenters. The number of hydrogen-bond donors (Lipinski definition) is 1. The van der Waals surface area contributed by atoms with Gasteiger partial charge in [0.05, 0.1) is 15.9 Å². The van der Waals surface area contributed by atoms with Gasteiger partial charge in [-0.3, -0.25) is 4.90 Å². The van der Waals surface area contributed by atoms with E-state index in [0.717, 1.165) is 33.4 Å². The van der Waals surface area contributed by atoms with Gasteiger partial charge in [0.15, 0.2) is 5.13 Å². The molecule has 1 aliphatic heterocycles. The molecule has 4 aromatic rings. The van der Waals surface area contributed by atoms with Crippen molar-refractivity contribution >= 4 is 32.5 Å². The van der Waals surface area contributed by atoms with Crippen molar-refractivity contribution in [2.45, 2.75) is 19.4 Å². The molecule has 0 aliphatic carbocycles. The second kappa shape index (κ2) is 7.05. The molecule has 3 aromatic heterocycles. The summed E-state index contributed by atoms with van der Waals surface area (Å²) in [7, 11) is 0. The van der Waals surface area contributed by atoms with Crippen LogP contribution in [0.2, 0.25) is 0 Å². The molecule has 0 atom stereocenters. The number of likely N-dealkylation sites (tertiary alicyclic amines) is 1. The van der Waals surface area contributed by atoms with Crippen LogP contribution in [0.3, 0.4) is 0 Å². The van der Waals surface area contributed by atoms with E-state index in [1.165, 1.54) is 37.8 Å². The SMILES string of the molecule is c1cc(CN2CCCC2)cc(Nc2nc3ccc(-n4cncn4)cc3s2)n1. The number of pyridine rings is 1. The highest BCUT2D eigenvalue weighted by Gasteiger charge is 2.12. The predicted octanol–water partition coefficient (Wildman–Crippen LogP) is 3.61. The van der Waals surface area contributed by atoms with E-state index in [0.29, 0.717) is 0 Å². The van der Waals surface area contributed by atoms with Crippen LogP contribution in [0.5, 0.6) is 0 Å². The van der Waals surface area contributed by atoms with Crippen LogP contribution >= 0.6 is 11.3 Å². The molecule has 0 amide bonds. The van der Waals surface area contributed by atoms with Gasteiger partial charge in [-0.15, -0.1) is 0 Å². The molecule has 1 N–H and O–H groups in total. The average Bonchev–Trinajstić information content (AvgIpc) is 3.43. The summed E-state index contributed by atoms with van der Waals surface area (Å²) in [5, 5.41) is 8.38. The zero-order valence-corrected chi connectivity index (χ0v) is 15.6. The maximum absolute atomic E-state index is 4.68. The fourth-order valence-electron chi connectivity index (χ4n) is 3.40. The van der Waals surface area contributed by atoms with Gasteiger partial charge in [-0.1, -0.05) is 11.3 Å². The van der Waals surface area contributed by atoms with Gasteiger partial charge in [0.1, 0.15) is 18.5 Å². The first kappa shape index (κ1) is 16.3. The third kappa shape index (κ3) is 3.54. The number of rotatable bonds is 5. The van der Waals surface area contributed by atoms with E-state index >= 15 is 0 Å². The van der Waals surface area contributed by atoms with Gasteiger partial charge in [-0.2, -0.15) is 5.10 Å². The molecule has 1 saturated heterocycles. The zero-order chi connectivity index (χ0) is 18.1. The van der Waals surface area contributed by atoms with Crippen molar-refractivity contribution in [3.05, 3.63) is 54.7 Å². The van der Waals surface area contributed by atoms with Crippen LogP contribution in [0.1, 0.15) is 18.4 Å². The molecular formula is C19H19N7S. The minimum Gasteiger partial charge on any atom is -0.316 e. The third-order valence-electron chi connectivity index (χ3n) is 4.72. The molecule has 1 fully saturated rings. The van der Waals surface area contributed by atoms with Crippen molar-refractivity contribution in [3.8, 4) is 5.69 Å². The lowest BCUT2D eigenvalue weighted by molar-refractivity contribution is 0.331. The summed E-state index contributed by atoms with van der Waals surface area (Å²) in [4.78, 5) is 15.6. The molecule has 5 rings (SSSR count). The molecule has 0 spiro atoms. The molecule has 1 aliphatic rings. The van der Waals surface area contributed by atoms with Crippen molar-refractivity contribution in [2.75, 3.05) is 18.4 Å². The molecule has 1 aromatic carbocycles. The first-order chi connectivity index (χ1) is 13.3. The fourth-order valence-corrected chi connectivity index (χ4v) is 4.31. The Balaban J connectivity index is 1.36. The monoisotopic (exact) mass is 377 g/mol. The lowest BCUT2D eigenvalue weighted by Crippen LogP contribution is -2.18. The summed E-state index contributed by atoms with van der Waals surface area (Å²) in [6, 6.07) is 10.3. The van der Waals surface area contributed by atoms with Crippen LogP contribution in [-0.4, -0.2) is 42.7 Å². The van der Waals surface area contributed by atoms with Crippen LogP contribution < -0.4 is 5.32 Å². The highest BCUT2D eigenvalue weighted by molar-refractivity contribution is 7.22. The number of benzene rings is 1. The van der Waals surface area contributed by atoms with Crippen molar-refractivity contribution in [3.63, 3.8) is 0 Å². The molecular weight excluding hydrogens is 358 g/mol. The first-order valence-corrected chi connectivity index (χ1v) is 9.85. The lowest BCUT2D eigenvalue weighted by atomic mass is 10.2. The van der Waals surface area contributed by atoms with Gasteiger partial charge in [-0.25, -0.2) is 19.6 Å². The number of anilines is 2. The number of nitrogens with zero attached hydrogens (tertiary/aromatic N) is 6. The summed E-state index contributed by atoms with van der Waals surface area (Å²) in [5.41, 5.74) is 3.21. The molecule has 136 valence electrons. The van der Waals surface area contributed by atoms with Gasteiger partial charge in [0, 0.05) is 12.7 Å². The number of thiazole rings is 1. The van der Waals surface area contributed by atoms with E-state index < -0.39 is 0 Å². The van der Waals surface area contributed by atoms with E-state index in [4.69, 9.17) is 0 Å². The van der Waals surface area contributed by atoms with Crippen LogP contribution in [-0.2, 0) is 6.54 Å². The molecule has 0 saturated carbocycles. The maximum atomic E-state index is 4.68. The van der Waals surface area contributed by atoms with Gasteiger partial charge in [-0.05, 0) is 61.8 Å². The van der Waals surface area contributed by atoms with Crippen molar-refractivity contribution in [1.29, 1.82) is 0 Å². The standard InChI is InChI=1S/C19H19N7S/c1-2-8-25(7-1)11-14-5-6-21-18(9-14)24-19-23-16-4-3-15(10-17(16)27-19)26-13-20-12-22-26/h3-6,9-10,12-13H,1-2,7-8,11H2,(H,21,23,24). The van der Waals surface area contributed by atoms with Gasteiger partial charge in [0.2, 0.25) is 0 Å². The first-order valence-electron chi connectivity index (χ1n) is 9.03. The summed E-state index contributed by atoms with van der Waals surface area (Å²) in [6.45, 7) is 3.37. The lowest BCUT2D eigenvalue weighted by Gasteiger charge is -2.14. The molecule has 27 heavy (non-hydrogen) atoms. The number of aromatic nitrogens is 5. The van der Waals surface area contributed by atoms with E-state index in [1.807, 2.05) is 18.3 Å². The summed E-state index contributed by atoms with van der Waals surface area (Å²) >= 11 is 1.61. The summed E-state index contributed by atoms with van der Waals surface area (Å²) in [5.74, 6) is 0.835. The van der Waals surface area contributed by atoms with Crippen LogP contribution in [0.4, 0.5) is 10.9 Å². The van der Waals surface area contributed by atoms with E-state index in [1.54, 1.807) is 22.3 Å². The van der Waals surface area contributed by atoms with Gasteiger partial charge < -0.3 is 5.32 Å². The maximum Gasteiger partial charge on any atom is 0.189 e. The Kier molecular flexibility index (Phi) is 4.27. The summed E-state index contributed by atoms with van der Waals surface area (Å²) in [6.07, 6.45) is 7.70. The van der Waals surface area contributed by atoms with Crippen molar-refractivity contribution in [2.24, 2.45) is 0 Å². The molecule has 8 heteroatoms. The van der Waals surface area contributed by atoms with E-state index in [2.05, 4.69) is 48.5 Å². The predicted molar refractivity (Wildman–Crippen MR) is 107 cm³/mol. The smallest absolute Gasteiger partial charge is 0.189 e. The highest BCUT2D eigenvalue weighted by atomic mass is 32.1. The van der Waals surface area contributed by atoms with Crippen molar-refractivity contribution < 1.29 is 0 Å². The van der Waals surface area contributed by atoms with Crippen LogP contribution in [0, 0.1) is 0 Å². The minimum absolute atomic E-state index is 0.835. The Morgan fingerprint density at radius 1 is 1.11 bits per heavy atom. The number of nitrogens with one attached hydrogen (secondary N) is 1. The fraction of sp³-hybridized carbons (Fsp3) is 0.263. The van der Waals surface area contributed by atoms with Crippen molar-refractivity contribution in [1.82, 2.24) is 29.6 Å². The molecule has 0 radical (unpaired) electrons. The topological polar surface area (TPSA) is 71.8 Å². The van der Waals surface area contributed by atoms with Gasteiger partial charge >= 0.3 is 0 Å². The van der Waals surface area contributed by atoms with E-state index in [-0.39, 0.29) is 0 Å². The Morgan fingerprint density at radius 2 is 2.04 bits per heavy atom. The Hall–Kier alpha value is -2.84. The Bertz CT molecular complexity index is 1050. The average molecular weight is 377 g/mol. The number of hydrogen-bond acceptors (Lipinski definition) is 7. The largest absolute Gasteiger partial charge is 0.316 e. The molecule has 7 nitrogen and oxygen atoms in total. The zero-order valence-electron chi connectivity index (χ0n) is 14.7. The van der Waals surface area contributed by atoms with Gasteiger partial charge in [0.25, 0.3) is 0 Å². The molecule has 0 bridgehead atoms. The summed E-state index contributed by atoms with van der Waals surface area (Å²) < 4.78 is 2.84. The number of fused-ring (bicyclic) bond motifs is 1. The second-order valence-electron chi connectivity index (χ2n) is 6.67. The normalized spacial score (nSPS) is 14.8. The molecule has 4 heterocycles. The van der Waals surface area contributed by atoms with Crippen LogP contribution in [0.25, 0.3) is 15.9 Å². The second-order valence-corrected chi connectivity index (χ2v) is 7.70. The van der Waals surface area contributed by atoms with Crippen LogP contribution in [0.15, 0.2) is 49.2 Å². The minimum atomic E-state index is 0.835. The quantitative estimate of drug-likeness (QED) is 0.573.